The summed E-state index contributed by atoms with van der Waals surface area (Å²) in [5.41, 5.74) is 7.56. The Morgan fingerprint density at radius 1 is 0.771 bits per heavy atom. The monoisotopic (exact) mass is 708 g/mol. The molecule has 2 fully saturated rings. The number of hydrogen-bond acceptors (Lipinski definition) is 7. The number of nitrogens with zero attached hydrogens (tertiary/aromatic N) is 2. The number of nitrogens with two attached hydrogens (primary N) is 1. The highest BCUT2D eigenvalue weighted by atomic mass is 35.5. The van der Waals surface area contributed by atoms with Gasteiger partial charge in [0.1, 0.15) is 11.6 Å². The van der Waals surface area contributed by atoms with Gasteiger partial charge in [0.25, 0.3) is 0 Å². The number of thioether (sulfide) groups is 2. The third kappa shape index (κ3) is 10.5. The zero-order chi connectivity index (χ0) is 33.4. The number of benzene rings is 4. The predicted octanol–water partition coefficient (Wildman–Crippen LogP) is 6.47. The van der Waals surface area contributed by atoms with Crippen molar-refractivity contribution in [1.82, 2.24) is 15.1 Å². The lowest BCUT2D eigenvalue weighted by atomic mass is 10.1. The summed E-state index contributed by atoms with van der Waals surface area (Å²) in [6.07, 6.45) is -0.547. The highest BCUT2D eigenvalue weighted by Gasteiger charge is 2.30. The van der Waals surface area contributed by atoms with Gasteiger partial charge >= 0.3 is 6.09 Å². The van der Waals surface area contributed by atoms with Gasteiger partial charge in [-0.2, -0.15) is 23.5 Å². The topological polar surface area (TPSA) is 105 Å². The van der Waals surface area contributed by atoms with Gasteiger partial charge in [0, 0.05) is 49.2 Å². The molecule has 0 bridgehead atoms. The van der Waals surface area contributed by atoms with Crippen molar-refractivity contribution in [3.8, 4) is 0 Å². The summed E-state index contributed by atoms with van der Waals surface area (Å²) in [5, 5.41) is 7.52. The molecule has 0 spiro atoms. The van der Waals surface area contributed by atoms with E-state index in [9.17, 15) is 14.4 Å². The summed E-state index contributed by atoms with van der Waals surface area (Å²) >= 11 is 3.43. The molecule has 2 heterocycles. The molecule has 8 nitrogen and oxygen atoms in total. The standard InChI is InChI=1S/C21H26N2O3S.C16H18N2OS.ClH/c1-21(2,3)26-20(25)22-18-14-27-11-10-23(19(18)24)13-15-8-9-16-6-4-5-7-17(16)12-15;17-15-11-20-8-7-18(16(15)19)10-12-5-6-13-3-1-2-4-14(13)9-12;/h4-9,12,18H,10-11,13-14H2,1-3H3,(H,22,25);1-6,9,15H,7-8,10-11,17H2;1H. The molecule has 256 valence electrons. The number of rotatable bonds is 5. The maximum absolute atomic E-state index is 13.0. The van der Waals surface area contributed by atoms with Gasteiger partial charge in [-0.15, -0.1) is 12.4 Å². The molecule has 2 atom stereocenters. The molecular formula is C37H45ClN4O4S2. The first-order chi connectivity index (χ1) is 22.6. The maximum atomic E-state index is 13.0. The third-order valence-electron chi connectivity index (χ3n) is 7.90. The molecule has 2 aliphatic rings. The molecule has 0 radical (unpaired) electrons. The molecule has 2 saturated heterocycles. The van der Waals surface area contributed by atoms with Crippen LogP contribution in [0.4, 0.5) is 4.79 Å². The second kappa shape index (κ2) is 17.3. The van der Waals surface area contributed by atoms with Crippen LogP contribution in [0.15, 0.2) is 84.9 Å². The summed E-state index contributed by atoms with van der Waals surface area (Å²) in [6.45, 7) is 8.06. The van der Waals surface area contributed by atoms with Gasteiger partial charge in [-0.1, -0.05) is 72.8 Å². The largest absolute Gasteiger partial charge is 0.444 e. The first-order valence-electron chi connectivity index (χ1n) is 16.0. The summed E-state index contributed by atoms with van der Waals surface area (Å²) in [5.74, 6) is 3.13. The van der Waals surface area contributed by atoms with Crippen LogP contribution >= 0.6 is 35.9 Å². The number of alkyl carbamates (subject to hydrolysis) is 1. The van der Waals surface area contributed by atoms with E-state index in [0.29, 0.717) is 25.4 Å². The first kappa shape index (κ1) is 37.4. The smallest absolute Gasteiger partial charge is 0.408 e. The number of carbonyl (C=O) groups excluding carboxylic acids is 3. The van der Waals surface area contributed by atoms with Gasteiger partial charge in [0.15, 0.2) is 0 Å². The number of nitrogens with one attached hydrogen (secondary N) is 1. The predicted molar refractivity (Wildman–Crippen MR) is 202 cm³/mol. The van der Waals surface area contributed by atoms with E-state index in [1.807, 2.05) is 54.8 Å². The normalized spacial score (nSPS) is 18.7. The van der Waals surface area contributed by atoms with E-state index in [0.717, 1.165) is 40.3 Å². The van der Waals surface area contributed by atoms with E-state index in [1.165, 1.54) is 16.2 Å². The SMILES string of the molecule is CC(C)(C)OC(=O)NC1CSCCN(Cc2ccc3ccccc3c2)C1=O.Cl.NC1CSCCN(Cc2ccc3ccccc3c2)C1=O. The zero-order valence-electron chi connectivity index (χ0n) is 27.7. The molecule has 11 heteroatoms. The van der Waals surface area contributed by atoms with Crippen LogP contribution in [0.2, 0.25) is 0 Å². The second-order valence-electron chi connectivity index (χ2n) is 12.8. The van der Waals surface area contributed by atoms with Gasteiger partial charge < -0.3 is 25.6 Å². The molecule has 4 aromatic rings. The molecule has 0 aliphatic carbocycles. The summed E-state index contributed by atoms with van der Waals surface area (Å²) in [4.78, 5) is 40.9. The zero-order valence-corrected chi connectivity index (χ0v) is 30.2. The first-order valence-corrected chi connectivity index (χ1v) is 18.3. The Labute approximate surface area is 297 Å². The fourth-order valence-electron chi connectivity index (χ4n) is 5.56. The van der Waals surface area contributed by atoms with Crippen molar-refractivity contribution in [2.45, 2.75) is 51.5 Å². The molecule has 48 heavy (non-hydrogen) atoms. The van der Waals surface area contributed by atoms with E-state index >= 15 is 0 Å². The van der Waals surface area contributed by atoms with Crippen LogP contribution in [0.3, 0.4) is 0 Å². The van der Waals surface area contributed by atoms with Crippen molar-refractivity contribution in [3.63, 3.8) is 0 Å². The maximum Gasteiger partial charge on any atom is 0.408 e. The van der Waals surface area contributed by atoms with Crippen molar-refractivity contribution in [1.29, 1.82) is 0 Å². The molecule has 0 saturated carbocycles. The number of fused-ring (bicyclic) bond motifs is 2. The average Bonchev–Trinajstić information content (AvgIpc) is 3.31. The number of halogens is 1. The summed E-state index contributed by atoms with van der Waals surface area (Å²) < 4.78 is 5.30. The van der Waals surface area contributed by atoms with Crippen LogP contribution in [0.25, 0.3) is 21.5 Å². The van der Waals surface area contributed by atoms with Crippen LogP contribution < -0.4 is 11.1 Å². The average molecular weight is 709 g/mol. The summed E-state index contributed by atoms with van der Waals surface area (Å²) in [6, 6.07) is 28.2. The van der Waals surface area contributed by atoms with Gasteiger partial charge in [0.05, 0.1) is 6.04 Å². The number of ether oxygens (including phenoxy) is 1. The molecule has 3 N–H and O–H groups in total. The fraction of sp³-hybridized carbons (Fsp3) is 0.378. The molecule has 2 aliphatic heterocycles. The Hall–Kier alpha value is -3.44. The van der Waals surface area contributed by atoms with Crippen LogP contribution in [0.5, 0.6) is 0 Å². The van der Waals surface area contributed by atoms with Crippen molar-refractivity contribution in [2.75, 3.05) is 36.1 Å². The van der Waals surface area contributed by atoms with Gasteiger partial charge in [-0.25, -0.2) is 4.79 Å². The second-order valence-corrected chi connectivity index (χ2v) is 15.1. The Kier molecular flexibility index (Phi) is 13.5. The molecule has 6 rings (SSSR count). The quantitative estimate of drug-likeness (QED) is 0.245. The highest BCUT2D eigenvalue weighted by Crippen LogP contribution is 2.21. The Morgan fingerprint density at radius 3 is 1.77 bits per heavy atom. The highest BCUT2D eigenvalue weighted by molar-refractivity contribution is 7.99. The molecule has 3 amide bonds. The Bertz CT molecular complexity index is 1720. The fourth-order valence-corrected chi connectivity index (χ4v) is 7.45. The van der Waals surface area contributed by atoms with Crippen molar-refractivity contribution in [3.05, 3.63) is 96.1 Å². The lowest BCUT2D eigenvalue weighted by Gasteiger charge is -2.26. The minimum absolute atomic E-state index is 0. The van der Waals surface area contributed by atoms with Crippen molar-refractivity contribution < 1.29 is 19.1 Å². The van der Waals surface area contributed by atoms with E-state index < -0.39 is 17.7 Å². The molecular weight excluding hydrogens is 664 g/mol. The van der Waals surface area contributed by atoms with E-state index in [4.69, 9.17) is 10.5 Å². The summed E-state index contributed by atoms with van der Waals surface area (Å²) in [7, 11) is 0. The van der Waals surface area contributed by atoms with Crippen molar-refractivity contribution >= 4 is 75.4 Å². The van der Waals surface area contributed by atoms with E-state index in [1.54, 1.807) is 23.5 Å². The Morgan fingerprint density at radius 2 is 1.25 bits per heavy atom. The minimum atomic E-state index is -0.588. The Balaban J connectivity index is 0.000000221. The lowest BCUT2D eigenvalue weighted by molar-refractivity contribution is -0.133. The van der Waals surface area contributed by atoms with E-state index in [-0.39, 0.29) is 30.3 Å². The van der Waals surface area contributed by atoms with E-state index in [2.05, 4.69) is 66.0 Å². The molecule has 0 aromatic heterocycles. The minimum Gasteiger partial charge on any atom is -0.444 e. The van der Waals surface area contributed by atoms with Crippen molar-refractivity contribution in [2.24, 2.45) is 5.73 Å². The van der Waals surface area contributed by atoms with Crippen LogP contribution in [0, 0.1) is 0 Å². The van der Waals surface area contributed by atoms with Gasteiger partial charge in [-0.05, 0) is 65.6 Å². The number of hydrogen-bond donors (Lipinski definition) is 2. The van der Waals surface area contributed by atoms with Crippen LogP contribution in [-0.2, 0) is 27.4 Å². The molecule has 4 aromatic carbocycles. The lowest BCUT2D eigenvalue weighted by Crippen LogP contribution is -2.49. The molecule has 2 unspecified atom stereocenters. The number of carbonyl (C=O) groups is 3. The number of amides is 3. The third-order valence-corrected chi connectivity index (χ3v) is 10.0. The van der Waals surface area contributed by atoms with Gasteiger partial charge in [0.2, 0.25) is 11.8 Å². The van der Waals surface area contributed by atoms with Crippen LogP contribution in [-0.4, -0.2) is 81.5 Å². The van der Waals surface area contributed by atoms with Crippen LogP contribution in [0.1, 0.15) is 31.9 Å². The van der Waals surface area contributed by atoms with Gasteiger partial charge in [-0.3, -0.25) is 9.59 Å².